The van der Waals surface area contributed by atoms with Crippen LogP contribution in [0.25, 0.3) is 0 Å². The van der Waals surface area contributed by atoms with Crippen LogP contribution >= 0.6 is 0 Å². The number of aryl methyl sites for hydroxylation is 1. The highest BCUT2D eigenvalue weighted by atomic mass is 19.1. The first kappa shape index (κ1) is 13.0. The van der Waals surface area contributed by atoms with E-state index in [0.717, 1.165) is 24.8 Å². The molecule has 1 aromatic rings. The fourth-order valence-corrected chi connectivity index (χ4v) is 1.81. The van der Waals surface area contributed by atoms with E-state index in [9.17, 15) is 4.39 Å². The molecule has 16 heavy (non-hydrogen) atoms. The molecule has 0 fully saturated rings. The van der Waals surface area contributed by atoms with Crippen LogP contribution in [0.5, 0.6) is 5.75 Å². The summed E-state index contributed by atoms with van der Waals surface area (Å²) in [7, 11) is 1.58. The molecular formula is C13H20FNO. The summed E-state index contributed by atoms with van der Waals surface area (Å²) in [4.78, 5) is 0. The van der Waals surface area contributed by atoms with Gasteiger partial charge in [0.2, 0.25) is 0 Å². The molecule has 0 aliphatic heterocycles. The summed E-state index contributed by atoms with van der Waals surface area (Å²) >= 11 is 0. The standard InChI is InChI=1S/C13H20FNO/c1-3-11-12(14)8-10(6-4-5-7-15)9-13(11)16-2/h8-9H,3-7,15H2,1-2H3. The van der Waals surface area contributed by atoms with E-state index in [0.29, 0.717) is 24.3 Å². The Morgan fingerprint density at radius 2 is 2.06 bits per heavy atom. The minimum Gasteiger partial charge on any atom is -0.496 e. The predicted molar refractivity (Wildman–Crippen MR) is 64.3 cm³/mol. The topological polar surface area (TPSA) is 35.2 Å². The third-order valence-corrected chi connectivity index (χ3v) is 2.71. The van der Waals surface area contributed by atoms with Crippen LogP contribution in [-0.2, 0) is 12.8 Å². The first-order valence-corrected chi connectivity index (χ1v) is 5.78. The van der Waals surface area contributed by atoms with Crippen molar-refractivity contribution < 1.29 is 9.13 Å². The monoisotopic (exact) mass is 225 g/mol. The average molecular weight is 225 g/mol. The molecule has 0 aromatic heterocycles. The molecule has 0 saturated carbocycles. The molecule has 1 aromatic carbocycles. The second-order valence-corrected chi connectivity index (χ2v) is 3.86. The smallest absolute Gasteiger partial charge is 0.130 e. The number of benzene rings is 1. The maximum atomic E-state index is 13.7. The normalized spacial score (nSPS) is 10.5. The molecule has 2 N–H and O–H groups in total. The van der Waals surface area contributed by atoms with Crippen molar-refractivity contribution in [2.24, 2.45) is 5.73 Å². The highest BCUT2D eigenvalue weighted by Crippen LogP contribution is 2.25. The number of hydrogen-bond acceptors (Lipinski definition) is 2. The Morgan fingerprint density at radius 1 is 1.31 bits per heavy atom. The van der Waals surface area contributed by atoms with Gasteiger partial charge in [-0.25, -0.2) is 4.39 Å². The van der Waals surface area contributed by atoms with Crippen molar-refractivity contribution in [3.8, 4) is 5.75 Å². The molecule has 0 amide bonds. The summed E-state index contributed by atoms with van der Waals surface area (Å²) in [6, 6.07) is 3.54. The van der Waals surface area contributed by atoms with E-state index in [1.165, 1.54) is 0 Å². The Hall–Kier alpha value is -1.09. The van der Waals surface area contributed by atoms with E-state index in [4.69, 9.17) is 10.5 Å². The number of methoxy groups -OCH3 is 1. The average Bonchev–Trinajstić information content (AvgIpc) is 2.28. The summed E-state index contributed by atoms with van der Waals surface area (Å²) < 4.78 is 18.9. The molecule has 0 bridgehead atoms. The van der Waals surface area contributed by atoms with Gasteiger partial charge in [-0.05, 0) is 49.9 Å². The van der Waals surface area contributed by atoms with Gasteiger partial charge in [-0.2, -0.15) is 0 Å². The van der Waals surface area contributed by atoms with Crippen molar-refractivity contribution >= 4 is 0 Å². The predicted octanol–water partition coefficient (Wildman–Crippen LogP) is 2.68. The van der Waals surface area contributed by atoms with Crippen LogP contribution in [0.2, 0.25) is 0 Å². The van der Waals surface area contributed by atoms with E-state index < -0.39 is 0 Å². The molecule has 0 radical (unpaired) electrons. The first-order chi connectivity index (χ1) is 7.72. The molecule has 3 heteroatoms. The first-order valence-electron chi connectivity index (χ1n) is 5.78. The number of unbranched alkanes of at least 4 members (excludes halogenated alkanes) is 1. The van der Waals surface area contributed by atoms with E-state index in [1.807, 2.05) is 13.0 Å². The van der Waals surface area contributed by atoms with E-state index in [-0.39, 0.29) is 5.82 Å². The van der Waals surface area contributed by atoms with Crippen LogP contribution in [0.4, 0.5) is 4.39 Å². The zero-order valence-electron chi connectivity index (χ0n) is 10.1. The van der Waals surface area contributed by atoms with Gasteiger partial charge in [0.05, 0.1) is 7.11 Å². The summed E-state index contributed by atoms with van der Waals surface area (Å²) in [6.45, 7) is 2.61. The molecule has 0 spiro atoms. The number of halogens is 1. The van der Waals surface area contributed by atoms with Gasteiger partial charge in [-0.15, -0.1) is 0 Å². The number of hydrogen-bond donors (Lipinski definition) is 1. The Morgan fingerprint density at radius 3 is 2.62 bits per heavy atom. The summed E-state index contributed by atoms with van der Waals surface area (Å²) in [6.07, 6.45) is 3.47. The van der Waals surface area contributed by atoms with Crippen molar-refractivity contribution in [3.05, 3.63) is 29.1 Å². The number of ether oxygens (including phenoxy) is 1. The summed E-state index contributed by atoms with van der Waals surface area (Å²) in [5.41, 5.74) is 7.07. The molecule has 0 aliphatic carbocycles. The lowest BCUT2D eigenvalue weighted by Crippen LogP contribution is -2.01. The minimum absolute atomic E-state index is 0.162. The quantitative estimate of drug-likeness (QED) is 0.755. The molecule has 2 nitrogen and oxygen atoms in total. The lowest BCUT2D eigenvalue weighted by molar-refractivity contribution is 0.404. The third-order valence-electron chi connectivity index (χ3n) is 2.71. The van der Waals surface area contributed by atoms with Crippen LogP contribution in [-0.4, -0.2) is 13.7 Å². The van der Waals surface area contributed by atoms with E-state index in [2.05, 4.69) is 0 Å². The number of nitrogens with two attached hydrogens (primary N) is 1. The van der Waals surface area contributed by atoms with Gasteiger partial charge in [0.1, 0.15) is 11.6 Å². The van der Waals surface area contributed by atoms with Crippen LogP contribution < -0.4 is 10.5 Å². The molecule has 0 aliphatic rings. The van der Waals surface area contributed by atoms with Crippen LogP contribution in [0.3, 0.4) is 0 Å². The van der Waals surface area contributed by atoms with Crippen LogP contribution in [0.15, 0.2) is 12.1 Å². The van der Waals surface area contributed by atoms with Crippen LogP contribution in [0.1, 0.15) is 30.9 Å². The van der Waals surface area contributed by atoms with Crippen LogP contribution in [0, 0.1) is 5.82 Å². The molecule has 0 unspecified atom stereocenters. The summed E-state index contributed by atoms with van der Waals surface area (Å²) in [5.74, 6) is 0.495. The van der Waals surface area contributed by atoms with Gasteiger partial charge in [0.15, 0.2) is 0 Å². The maximum Gasteiger partial charge on any atom is 0.130 e. The van der Waals surface area contributed by atoms with Gasteiger partial charge in [0, 0.05) is 5.56 Å². The van der Waals surface area contributed by atoms with Crippen molar-refractivity contribution in [1.29, 1.82) is 0 Å². The zero-order chi connectivity index (χ0) is 12.0. The van der Waals surface area contributed by atoms with Gasteiger partial charge in [-0.1, -0.05) is 6.92 Å². The van der Waals surface area contributed by atoms with Crippen molar-refractivity contribution in [2.75, 3.05) is 13.7 Å². The Bertz CT molecular complexity index is 339. The SMILES string of the molecule is CCc1c(F)cc(CCCCN)cc1OC. The maximum absolute atomic E-state index is 13.7. The van der Waals surface area contributed by atoms with Gasteiger partial charge in [-0.3, -0.25) is 0 Å². The molecule has 0 heterocycles. The molecular weight excluding hydrogens is 205 g/mol. The molecule has 0 saturated heterocycles. The second-order valence-electron chi connectivity index (χ2n) is 3.86. The zero-order valence-corrected chi connectivity index (χ0v) is 10.1. The molecule has 1 rings (SSSR count). The number of rotatable bonds is 6. The Labute approximate surface area is 96.6 Å². The van der Waals surface area contributed by atoms with Gasteiger partial charge >= 0.3 is 0 Å². The fourth-order valence-electron chi connectivity index (χ4n) is 1.81. The van der Waals surface area contributed by atoms with E-state index in [1.54, 1.807) is 13.2 Å². The largest absolute Gasteiger partial charge is 0.496 e. The minimum atomic E-state index is -0.162. The molecule has 0 atom stereocenters. The summed E-state index contributed by atoms with van der Waals surface area (Å²) in [5, 5.41) is 0. The van der Waals surface area contributed by atoms with Gasteiger partial charge in [0.25, 0.3) is 0 Å². The van der Waals surface area contributed by atoms with Gasteiger partial charge < -0.3 is 10.5 Å². The van der Waals surface area contributed by atoms with Crippen molar-refractivity contribution in [1.82, 2.24) is 0 Å². The second kappa shape index (κ2) is 6.48. The van der Waals surface area contributed by atoms with Crippen molar-refractivity contribution in [3.63, 3.8) is 0 Å². The third kappa shape index (κ3) is 3.20. The Kier molecular flexibility index (Phi) is 5.26. The lowest BCUT2D eigenvalue weighted by Gasteiger charge is -2.10. The highest BCUT2D eigenvalue weighted by molar-refractivity contribution is 5.38. The molecule has 90 valence electrons. The Balaban J connectivity index is 2.83. The van der Waals surface area contributed by atoms with E-state index >= 15 is 0 Å². The van der Waals surface area contributed by atoms with Crippen molar-refractivity contribution in [2.45, 2.75) is 32.6 Å². The lowest BCUT2D eigenvalue weighted by atomic mass is 10.0. The highest BCUT2D eigenvalue weighted by Gasteiger charge is 2.09. The fraction of sp³-hybridized carbons (Fsp3) is 0.538.